The minimum Gasteiger partial charge on any atom is -0.616 e. The van der Waals surface area contributed by atoms with Crippen LogP contribution in [-0.2, 0) is 21.6 Å². The summed E-state index contributed by atoms with van der Waals surface area (Å²) < 4.78 is 54.6. The van der Waals surface area contributed by atoms with Gasteiger partial charge in [0, 0.05) is 33.2 Å². The molecule has 2 heterocycles. The van der Waals surface area contributed by atoms with Crippen molar-refractivity contribution in [1.82, 2.24) is 0 Å². The minimum atomic E-state index is -4.83. The maximum atomic E-state index is 14.3. The monoisotopic (exact) mass is 504 g/mol. The van der Waals surface area contributed by atoms with E-state index in [0.29, 0.717) is 28.2 Å². The lowest BCUT2D eigenvalue weighted by atomic mass is 9.82. The van der Waals surface area contributed by atoms with Crippen molar-refractivity contribution in [1.29, 1.82) is 0 Å². The van der Waals surface area contributed by atoms with Crippen molar-refractivity contribution in [2.24, 2.45) is 10.9 Å². The van der Waals surface area contributed by atoms with E-state index in [2.05, 4.69) is 5.16 Å². The van der Waals surface area contributed by atoms with Gasteiger partial charge in [0.2, 0.25) is 5.91 Å². The van der Waals surface area contributed by atoms with Gasteiger partial charge >= 0.3 is 6.18 Å². The van der Waals surface area contributed by atoms with E-state index >= 15 is 0 Å². The van der Waals surface area contributed by atoms with Crippen LogP contribution in [-0.4, -0.2) is 33.9 Å². The molecule has 11 heteroatoms. The van der Waals surface area contributed by atoms with Gasteiger partial charge in [-0.15, -0.1) is 0 Å². The number of carbonyl (C=O) groups excluding carboxylic acids is 1. The third-order valence-corrected chi connectivity index (χ3v) is 7.77. The van der Waals surface area contributed by atoms with Crippen LogP contribution in [0.3, 0.4) is 0 Å². The molecule has 2 aliphatic rings. The van der Waals surface area contributed by atoms with Gasteiger partial charge in [0.15, 0.2) is 0 Å². The smallest absolute Gasteiger partial charge is 0.435 e. The molecule has 1 saturated heterocycles. The molecule has 0 bridgehead atoms. The molecule has 5 nitrogen and oxygen atoms in total. The van der Waals surface area contributed by atoms with Gasteiger partial charge in [0.1, 0.15) is 11.5 Å². The lowest BCUT2D eigenvalue weighted by molar-refractivity contribution is -0.275. The van der Waals surface area contributed by atoms with E-state index in [-0.39, 0.29) is 32.8 Å². The Kier molecular flexibility index (Phi) is 5.90. The largest absolute Gasteiger partial charge is 0.616 e. The maximum Gasteiger partial charge on any atom is 0.435 e. The van der Waals surface area contributed by atoms with Crippen molar-refractivity contribution in [2.45, 2.75) is 31.0 Å². The molecule has 1 amide bonds. The number of carbonyl (C=O) groups is 1. The molecule has 0 saturated carbocycles. The second-order valence-electron chi connectivity index (χ2n) is 7.82. The van der Waals surface area contributed by atoms with Crippen LogP contribution in [0, 0.1) is 6.92 Å². The number of primary amides is 1. The fourth-order valence-corrected chi connectivity index (χ4v) is 5.83. The Hall–Kier alpha value is -1.94. The molecule has 0 aliphatic carbocycles. The number of amides is 1. The van der Waals surface area contributed by atoms with E-state index in [1.54, 1.807) is 6.92 Å². The molecule has 1 unspecified atom stereocenters. The van der Waals surface area contributed by atoms with Crippen molar-refractivity contribution < 1.29 is 27.4 Å². The molecule has 0 aromatic heterocycles. The summed E-state index contributed by atoms with van der Waals surface area (Å²) in [5.41, 5.74) is 4.29. The second kappa shape index (κ2) is 8.13. The van der Waals surface area contributed by atoms with Gasteiger partial charge in [-0.3, -0.25) is 4.79 Å². The molecule has 1 fully saturated rings. The molecule has 0 radical (unpaired) electrons. The van der Waals surface area contributed by atoms with Crippen molar-refractivity contribution >= 4 is 46.0 Å². The zero-order valence-corrected chi connectivity index (χ0v) is 19.0. The van der Waals surface area contributed by atoms with Crippen LogP contribution < -0.4 is 5.73 Å². The van der Waals surface area contributed by atoms with Gasteiger partial charge in [-0.1, -0.05) is 45.6 Å². The molecule has 1 atom stereocenters. The first-order valence-electron chi connectivity index (χ1n) is 9.50. The first-order chi connectivity index (χ1) is 14.9. The zero-order valence-electron chi connectivity index (χ0n) is 16.6. The first kappa shape index (κ1) is 23.2. The average Bonchev–Trinajstić information content (AvgIpc) is 3.11. The highest BCUT2D eigenvalue weighted by Gasteiger charge is 2.62. The van der Waals surface area contributed by atoms with Gasteiger partial charge in [-0.05, 0) is 42.3 Å². The lowest BCUT2D eigenvalue weighted by Crippen LogP contribution is -2.43. The summed E-state index contributed by atoms with van der Waals surface area (Å²) >= 11 is 10.9. The van der Waals surface area contributed by atoms with Crippen LogP contribution in [0.2, 0.25) is 10.0 Å². The van der Waals surface area contributed by atoms with Crippen molar-refractivity contribution in [3.05, 3.63) is 68.2 Å². The van der Waals surface area contributed by atoms with Crippen LogP contribution in [0.15, 0.2) is 35.5 Å². The predicted molar refractivity (Wildman–Crippen MR) is 117 cm³/mol. The van der Waals surface area contributed by atoms with E-state index in [1.165, 1.54) is 18.2 Å². The number of hydrogen-bond donors (Lipinski definition) is 1. The first-order valence-corrected chi connectivity index (χ1v) is 11.7. The van der Waals surface area contributed by atoms with Crippen LogP contribution >= 0.6 is 23.2 Å². The van der Waals surface area contributed by atoms with Crippen LogP contribution in [0.1, 0.15) is 45.0 Å². The fraction of sp³-hybridized carbons (Fsp3) is 0.333. The summed E-state index contributed by atoms with van der Waals surface area (Å²) in [6, 6.07) is 6.60. The topological polar surface area (TPSA) is 87.7 Å². The maximum absolute atomic E-state index is 14.3. The highest BCUT2D eigenvalue weighted by atomic mass is 35.5. The Morgan fingerprint density at radius 2 is 1.88 bits per heavy atom. The molecule has 2 aromatic carbocycles. The highest BCUT2D eigenvalue weighted by Crippen LogP contribution is 2.50. The van der Waals surface area contributed by atoms with Gasteiger partial charge in [-0.2, -0.15) is 13.2 Å². The standard InChI is InChI=1S/C21H17Cl2F3N2O3S/c1-10-15(19(27)29)2-3-16(18(10)11-8-32(30)9-11)17-7-20(31-28-17,21(24,25)26)12-4-13(22)6-14(23)5-12/h2-6,11H,7-9H2,1H3,(H2,27,29). The summed E-state index contributed by atoms with van der Waals surface area (Å²) in [5, 5.41) is 3.89. The van der Waals surface area contributed by atoms with E-state index in [4.69, 9.17) is 33.8 Å². The Morgan fingerprint density at radius 1 is 1.25 bits per heavy atom. The summed E-state index contributed by atoms with van der Waals surface area (Å²) in [4.78, 5) is 16.9. The van der Waals surface area contributed by atoms with Gasteiger partial charge < -0.3 is 15.1 Å². The van der Waals surface area contributed by atoms with E-state index in [9.17, 15) is 22.5 Å². The Bertz CT molecular complexity index is 1120. The molecular weight excluding hydrogens is 488 g/mol. The number of oxime groups is 1. The van der Waals surface area contributed by atoms with E-state index in [1.807, 2.05) is 0 Å². The molecule has 4 rings (SSSR count). The average molecular weight is 505 g/mol. The number of benzene rings is 2. The molecule has 2 aromatic rings. The van der Waals surface area contributed by atoms with Crippen LogP contribution in [0.4, 0.5) is 13.2 Å². The minimum absolute atomic E-state index is 0.0347. The number of rotatable bonds is 4. The Morgan fingerprint density at radius 3 is 2.41 bits per heavy atom. The van der Waals surface area contributed by atoms with E-state index in [0.717, 1.165) is 12.1 Å². The normalized spacial score (nSPS) is 25.2. The third kappa shape index (κ3) is 3.85. The molecule has 2 N–H and O–H groups in total. The lowest BCUT2D eigenvalue weighted by Gasteiger charge is -2.32. The van der Waals surface area contributed by atoms with Crippen molar-refractivity contribution in [2.75, 3.05) is 11.5 Å². The summed E-state index contributed by atoms with van der Waals surface area (Å²) in [6.07, 6.45) is -5.45. The van der Waals surface area contributed by atoms with Gasteiger partial charge in [-0.25, -0.2) is 0 Å². The number of alkyl halides is 3. The highest BCUT2D eigenvalue weighted by molar-refractivity contribution is 7.92. The quantitative estimate of drug-likeness (QED) is 0.604. The second-order valence-corrected chi connectivity index (χ2v) is 10.2. The summed E-state index contributed by atoms with van der Waals surface area (Å²) in [6.45, 7) is 1.67. The predicted octanol–water partition coefficient (Wildman–Crippen LogP) is 4.83. The molecule has 0 spiro atoms. The van der Waals surface area contributed by atoms with Gasteiger partial charge in [0.05, 0.1) is 11.6 Å². The molecular formula is C21H17Cl2F3N2O3S. The molecule has 2 aliphatic heterocycles. The molecule has 170 valence electrons. The zero-order chi connectivity index (χ0) is 23.4. The Balaban J connectivity index is 1.81. The van der Waals surface area contributed by atoms with Gasteiger partial charge in [0.25, 0.3) is 5.60 Å². The van der Waals surface area contributed by atoms with Crippen LogP contribution in [0.5, 0.6) is 0 Å². The summed E-state index contributed by atoms with van der Waals surface area (Å²) in [5.74, 6) is -0.148. The summed E-state index contributed by atoms with van der Waals surface area (Å²) in [7, 11) is 0. The van der Waals surface area contributed by atoms with E-state index < -0.39 is 35.3 Å². The number of hydrogen-bond acceptors (Lipinski definition) is 4. The number of nitrogens with zero attached hydrogens (tertiary/aromatic N) is 1. The van der Waals surface area contributed by atoms with Crippen molar-refractivity contribution in [3.63, 3.8) is 0 Å². The van der Waals surface area contributed by atoms with Crippen LogP contribution in [0.25, 0.3) is 0 Å². The fourth-order valence-electron chi connectivity index (χ4n) is 4.18. The number of halogens is 5. The number of nitrogens with two attached hydrogens (primary N) is 1. The molecule has 32 heavy (non-hydrogen) atoms. The third-order valence-electron chi connectivity index (χ3n) is 5.79. The Labute approximate surface area is 194 Å². The SMILES string of the molecule is Cc1c(C(N)=O)ccc(C2=NOC(c3cc(Cl)cc(Cl)c3)(C(F)(F)F)C2)c1C1C[S+]([O-])C1. The van der Waals surface area contributed by atoms with Crippen molar-refractivity contribution in [3.8, 4) is 0 Å².